The number of hydrogen-bond donors (Lipinski definition) is 1. The molecule has 0 aliphatic carbocycles. The first-order valence-corrected chi connectivity index (χ1v) is 7.31. The summed E-state index contributed by atoms with van der Waals surface area (Å²) in [6, 6.07) is 10.2. The van der Waals surface area contributed by atoms with Crippen LogP contribution in [0.4, 0.5) is 13.2 Å². The molecule has 0 atom stereocenters. The zero-order valence-electron chi connectivity index (χ0n) is 12.4. The standard InChI is InChI=1S/C17H11ClF3NO2/c1-9-15(16(23)10-2-4-11(18)5-3-10)13-7-6-12(8-14(13)22-9)24-17(19,20)21/h2-8,22H,1H3. The number of halogens is 4. The third kappa shape index (κ3) is 3.23. The predicted molar refractivity (Wildman–Crippen MR) is 84.6 cm³/mol. The average Bonchev–Trinajstić information content (AvgIpc) is 2.80. The van der Waals surface area contributed by atoms with Crippen molar-refractivity contribution in [3.8, 4) is 5.75 Å². The number of ketones is 1. The van der Waals surface area contributed by atoms with Gasteiger partial charge < -0.3 is 9.72 Å². The zero-order valence-corrected chi connectivity index (χ0v) is 13.1. The van der Waals surface area contributed by atoms with E-state index in [0.29, 0.717) is 32.7 Å². The molecule has 0 spiro atoms. The molecule has 0 bridgehead atoms. The highest BCUT2D eigenvalue weighted by Crippen LogP contribution is 2.30. The van der Waals surface area contributed by atoms with E-state index in [1.807, 2.05) is 0 Å². The van der Waals surface area contributed by atoms with Crippen LogP contribution in [0.25, 0.3) is 10.9 Å². The molecule has 2 aromatic carbocycles. The highest BCUT2D eigenvalue weighted by Gasteiger charge is 2.31. The third-order valence-corrected chi connectivity index (χ3v) is 3.78. The van der Waals surface area contributed by atoms with Gasteiger partial charge in [-0.1, -0.05) is 11.6 Å². The molecule has 0 saturated heterocycles. The van der Waals surface area contributed by atoms with Gasteiger partial charge in [0.05, 0.1) is 11.1 Å². The molecule has 0 radical (unpaired) electrons. The topological polar surface area (TPSA) is 42.1 Å². The molecule has 3 rings (SSSR count). The fourth-order valence-corrected chi connectivity index (χ4v) is 2.67. The number of ether oxygens (including phenoxy) is 1. The van der Waals surface area contributed by atoms with Crippen LogP contribution < -0.4 is 4.74 Å². The molecule has 1 N–H and O–H groups in total. The van der Waals surface area contributed by atoms with Crippen LogP contribution in [0, 0.1) is 6.92 Å². The summed E-state index contributed by atoms with van der Waals surface area (Å²) in [4.78, 5) is 15.6. The second-order valence-electron chi connectivity index (χ2n) is 5.22. The number of hydrogen-bond acceptors (Lipinski definition) is 2. The summed E-state index contributed by atoms with van der Waals surface area (Å²) >= 11 is 5.81. The highest BCUT2D eigenvalue weighted by molar-refractivity contribution is 6.30. The lowest BCUT2D eigenvalue weighted by Crippen LogP contribution is -2.16. The van der Waals surface area contributed by atoms with Crippen molar-refractivity contribution < 1.29 is 22.7 Å². The third-order valence-electron chi connectivity index (χ3n) is 3.52. The molecule has 0 fully saturated rings. The van der Waals surface area contributed by atoms with Gasteiger partial charge in [0.2, 0.25) is 0 Å². The molecule has 124 valence electrons. The van der Waals surface area contributed by atoms with Crippen LogP contribution >= 0.6 is 11.6 Å². The van der Waals surface area contributed by atoms with Gasteiger partial charge in [0.25, 0.3) is 0 Å². The molecule has 0 aliphatic rings. The van der Waals surface area contributed by atoms with Gasteiger partial charge in [-0.2, -0.15) is 0 Å². The van der Waals surface area contributed by atoms with Crippen molar-refractivity contribution in [1.29, 1.82) is 0 Å². The van der Waals surface area contributed by atoms with E-state index in [0.717, 1.165) is 0 Å². The summed E-state index contributed by atoms with van der Waals surface area (Å²) in [6.45, 7) is 1.69. The van der Waals surface area contributed by atoms with Crippen LogP contribution in [0.15, 0.2) is 42.5 Å². The first-order valence-electron chi connectivity index (χ1n) is 6.93. The highest BCUT2D eigenvalue weighted by atomic mass is 35.5. The number of aromatic amines is 1. The van der Waals surface area contributed by atoms with Crippen molar-refractivity contribution in [2.75, 3.05) is 0 Å². The average molecular weight is 354 g/mol. The lowest BCUT2D eigenvalue weighted by atomic mass is 10.0. The van der Waals surface area contributed by atoms with Gasteiger partial charge in [-0.15, -0.1) is 13.2 Å². The number of fused-ring (bicyclic) bond motifs is 1. The van der Waals surface area contributed by atoms with Crippen LogP contribution in [0.3, 0.4) is 0 Å². The number of aryl methyl sites for hydroxylation is 1. The zero-order chi connectivity index (χ0) is 17.5. The van der Waals surface area contributed by atoms with Gasteiger partial charge >= 0.3 is 6.36 Å². The van der Waals surface area contributed by atoms with Crippen LogP contribution in [0.1, 0.15) is 21.6 Å². The number of benzene rings is 2. The Kier molecular flexibility index (Phi) is 4.01. The van der Waals surface area contributed by atoms with Crippen molar-refractivity contribution in [1.82, 2.24) is 4.98 Å². The Morgan fingerprint density at radius 1 is 1.12 bits per heavy atom. The van der Waals surface area contributed by atoms with Gasteiger partial charge in [-0.05, 0) is 43.3 Å². The Morgan fingerprint density at radius 2 is 1.79 bits per heavy atom. The molecule has 3 aromatic rings. The second kappa shape index (κ2) is 5.87. The van der Waals surface area contributed by atoms with Gasteiger partial charge in [0.15, 0.2) is 5.78 Å². The Labute approximate surface area is 140 Å². The first-order chi connectivity index (χ1) is 11.2. The number of H-pyrrole nitrogens is 1. The van der Waals surface area contributed by atoms with Crippen molar-refractivity contribution in [2.45, 2.75) is 13.3 Å². The van der Waals surface area contributed by atoms with E-state index in [1.54, 1.807) is 31.2 Å². The van der Waals surface area contributed by atoms with E-state index < -0.39 is 6.36 Å². The van der Waals surface area contributed by atoms with Crippen LogP contribution in [-0.4, -0.2) is 17.1 Å². The maximum Gasteiger partial charge on any atom is 0.573 e. The minimum Gasteiger partial charge on any atom is -0.406 e. The van der Waals surface area contributed by atoms with Gasteiger partial charge in [-0.3, -0.25) is 4.79 Å². The van der Waals surface area contributed by atoms with Crippen LogP contribution in [0.2, 0.25) is 5.02 Å². The van der Waals surface area contributed by atoms with E-state index >= 15 is 0 Å². The van der Waals surface area contributed by atoms with Crippen LogP contribution in [0.5, 0.6) is 5.75 Å². The minimum absolute atomic E-state index is 0.236. The molecule has 3 nitrogen and oxygen atoms in total. The molecule has 1 aromatic heterocycles. The summed E-state index contributed by atoms with van der Waals surface area (Å²) in [6.07, 6.45) is -4.77. The fourth-order valence-electron chi connectivity index (χ4n) is 2.55. The largest absolute Gasteiger partial charge is 0.573 e. The maximum absolute atomic E-state index is 12.7. The molecule has 1 heterocycles. The number of aromatic nitrogens is 1. The van der Waals surface area contributed by atoms with Gasteiger partial charge in [-0.25, -0.2) is 0 Å². The Balaban J connectivity index is 2.04. The Hall–Kier alpha value is -2.47. The van der Waals surface area contributed by atoms with E-state index in [-0.39, 0.29) is 11.5 Å². The van der Waals surface area contributed by atoms with Crippen molar-refractivity contribution in [3.63, 3.8) is 0 Å². The van der Waals surface area contributed by atoms with Gasteiger partial charge in [0, 0.05) is 27.7 Å². The van der Waals surface area contributed by atoms with Crippen molar-refractivity contribution >= 4 is 28.3 Å². The molecule has 0 amide bonds. The lowest BCUT2D eigenvalue weighted by Gasteiger charge is -2.08. The second-order valence-corrected chi connectivity index (χ2v) is 5.65. The normalized spacial score (nSPS) is 11.7. The summed E-state index contributed by atoms with van der Waals surface area (Å²) in [5.41, 5.74) is 1.81. The molecule has 0 aliphatic heterocycles. The van der Waals surface area contributed by atoms with Crippen molar-refractivity contribution in [3.05, 3.63) is 64.3 Å². The smallest absolute Gasteiger partial charge is 0.406 e. The summed E-state index contributed by atoms with van der Waals surface area (Å²) in [5, 5.41) is 1.04. The van der Waals surface area contributed by atoms with E-state index in [9.17, 15) is 18.0 Å². The number of alkyl halides is 3. The SMILES string of the molecule is Cc1[nH]c2cc(OC(F)(F)F)ccc2c1C(=O)c1ccc(Cl)cc1. The minimum atomic E-state index is -4.77. The van der Waals surface area contributed by atoms with E-state index in [4.69, 9.17) is 11.6 Å². The predicted octanol–water partition coefficient (Wildman–Crippen LogP) is 5.26. The molecule has 7 heteroatoms. The molecular formula is C17H11ClF3NO2. The Bertz CT molecular complexity index is 914. The quantitative estimate of drug-likeness (QED) is 0.653. The Morgan fingerprint density at radius 3 is 2.42 bits per heavy atom. The first kappa shape index (κ1) is 16.4. The lowest BCUT2D eigenvalue weighted by molar-refractivity contribution is -0.274. The summed E-state index contributed by atoms with van der Waals surface area (Å²) < 4.78 is 40.8. The monoisotopic (exact) mass is 353 g/mol. The summed E-state index contributed by atoms with van der Waals surface area (Å²) in [7, 11) is 0. The summed E-state index contributed by atoms with van der Waals surface area (Å²) in [5.74, 6) is -0.582. The number of carbonyl (C=O) groups is 1. The van der Waals surface area contributed by atoms with E-state index in [2.05, 4.69) is 9.72 Å². The van der Waals surface area contributed by atoms with Crippen LogP contribution in [-0.2, 0) is 0 Å². The maximum atomic E-state index is 12.7. The number of nitrogens with one attached hydrogen (secondary N) is 1. The fraction of sp³-hybridized carbons (Fsp3) is 0.118. The molecule has 0 unspecified atom stereocenters. The number of carbonyl (C=O) groups excluding carboxylic acids is 1. The molecule has 0 saturated carbocycles. The molecule has 24 heavy (non-hydrogen) atoms. The molecular weight excluding hydrogens is 343 g/mol. The van der Waals surface area contributed by atoms with Gasteiger partial charge in [0.1, 0.15) is 5.75 Å². The number of rotatable bonds is 3. The van der Waals surface area contributed by atoms with Crippen molar-refractivity contribution in [2.24, 2.45) is 0 Å². The van der Waals surface area contributed by atoms with E-state index in [1.165, 1.54) is 18.2 Å².